The molecule has 2 heterocycles. The predicted octanol–water partition coefficient (Wildman–Crippen LogP) is 15.1. The number of furan rings is 2. The first-order chi connectivity index (χ1) is 37.6. The second-order valence-electron chi connectivity index (χ2n) is 17.7. The van der Waals surface area contributed by atoms with Crippen molar-refractivity contribution in [3.63, 3.8) is 0 Å². The van der Waals surface area contributed by atoms with E-state index in [9.17, 15) is 24.9 Å². The zero-order valence-electron chi connectivity index (χ0n) is 44.2. The van der Waals surface area contributed by atoms with Gasteiger partial charge in [0.25, 0.3) is 0 Å². The fourth-order valence-corrected chi connectivity index (χ4v) is 8.54. The van der Waals surface area contributed by atoms with Crippen LogP contribution in [0.25, 0.3) is 22.3 Å². The lowest BCUT2D eigenvalue weighted by atomic mass is 10.0. The quantitative estimate of drug-likeness (QED) is 0.0343. The van der Waals surface area contributed by atoms with Crippen LogP contribution < -0.4 is 28.4 Å². The zero-order valence-corrected chi connectivity index (χ0v) is 44.2. The zero-order chi connectivity index (χ0) is 54.5. The second-order valence-corrected chi connectivity index (χ2v) is 17.7. The van der Waals surface area contributed by atoms with Crippen LogP contribution in [0.2, 0.25) is 0 Å². The third-order valence-corrected chi connectivity index (χ3v) is 12.4. The summed E-state index contributed by atoms with van der Waals surface area (Å²) in [6.45, 7) is 9.97. The molecule has 0 aliphatic heterocycles. The van der Waals surface area contributed by atoms with Gasteiger partial charge in [0.05, 0.1) is 58.6 Å². The first-order valence-corrected chi connectivity index (χ1v) is 25.9. The lowest BCUT2D eigenvalue weighted by molar-refractivity contribution is 0.0596. The van der Waals surface area contributed by atoms with Gasteiger partial charge in [-0.25, -0.2) is 9.59 Å². The number of methoxy groups -OCH3 is 1. The Balaban J connectivity index is 0.000000224. The first kappa shape index (κ1) is 56.0. The molecule has 402 valence electrons. The maximum Gasteiger partial charge on any atom is 0.341 e. The average Bonchev–Trinajstić information content (AvgIpc) is 4.20. The summed E-state index contributed by atoms with van der Waals surface area (Å²) < 4.78 is 51.7. The third kappa shape index (κ3) is 14.8. The van der Waals surface area contributed by atoms with Crippen LogP contribution in [0.15, 0.2) is 155 Å². The van der Waals surface area contributed by atoms with Gasteiger partial charge in [0, 0.05) is 58.4 Å². The van der Waals surface area contributed by atoms with Crippen LogP contribution in [0.3, 0.4) is 0 Å². The summed E-state index contributed by atoms with van der Waals surface area (Å²) in [5.74, 6) is 3.48. The molecular weight excluding hydrogens is 981 g/mol. The Bertz CT molecular complexity index is 3160. The van der Waals surface area contributed by atoms with E-state index in [2.05, 4.69) is 20.8 Å². The van der Waals surface area contributed by atoms with Crippen molar-refractivity contribution in [2.24, 2.45) is 0 Å². The molecule has 2 aromatic heterocycles. The molecule has 0 aliphatic carbocycles. The van der Waals surface area contributed by atoms with Gasteiger partial charge in [0.2, 0.25) is 0 Å². The third-order valence-electron chi connectivity index (χ3n) is 12.4. The molecule has 0 bridgehead atoms. The fraction of sp³-hybridized carbons (Fsp3) is 0.270. The molecule has 3 N–H and O–H groups in total. The number of aromatic carboxylic acids is 1. The Kier molecular flexibility index (Phi) is 20.5. The molecule has 0 saturated heterocycles. The number of ether oxygens (including phenoxy) is 7. The number of hydrogen-bond donors (Lipinski definition) is 3. The van der Waals surface area contributed by atoms with Crippen LogP contribution in [-0.4, -0.2) is 60.8 Å². The molecule has 0 saturated carbocycles. The maximum atomic E-state index is 12.2. The molecule has 0 unspecified atom stereocenters. The van der Waals surface area contributed by atoms with Gasteiger partial charge < -0.3 is 57.3 Å². The van der Waals surface area contributed by atoms with Gasteiger partial charge in [-0.05, 0) is 110 Å². The average molecular weight is 1050 g/mol. The minimum absolute atomic E-state index is 0.105. The van der Waals surface area contributed by atoms with Gasteiger partial charge in [0.15, 0.2) is 0 Å². The van der Waals surface area contributed by atoms with E-state index in [-0.39, 0.29) is 22.8 Å². The fourth-order valence-electron chi connectivity index (χ4n) is 8.54. The SMILES string of the molecule is CCCc1c(OCCCOc2cc(O)c(-c3ccoc3)cc2CC)cccc1Oc1ccccc1C(=O)O.CCCc1c(OCCCOc2cc(O)c(-c3ccoc3)cc2CC)cccc1Oc1ccccc1C(=O)OC. The number of carbonyl (C=O) groups excluding carboxylic acids is 1. The molecule has 0 spiro atoms. The number of phenols is 2. The van der Waals surface area contributed by atoms with Crippen molar-refractivity contribution in [2.75, 3.05) is 33.5 Å². The van der Waals surface area contributed by atoms with E-state index in [1.807, 2.05) is 73.7 Å². The number of carbonyl (C=O) groups is 2. The molecular formula is C63H66O14. The van der Waals surface area contributed by atoms with Crippen molar-refractivity contribution in [1.82, 2.24) is 0 Å². The smallest absolute Gasteiger partial charge is 0.341 e. The van der Waals surface area contributed by atoms with Crippen molar-refractivity contribution in [2.45, 2.75) is 79.1 Å². The van der Waals surface area contributed by atoms with Crippen LogP contribution in [0, 0.1) is 0 Å². The molecule has 6 aromatic carbocycles. The summed E-state index contributed by atoms with van der Waals surface area (Å²) in [6.07, 6.45) is 12.4. The lowest BCUT2D eigenvalue weighted by Gasteiger charge is -2.17. The van der Waals surface area contributed by atoms with Crippen LogP contribution in [0.5, 0.6) is 57.5 Å². The van der Waals surface area contributed by atoms with Gasteiger partial charge in [-0.1, -0.05) is 76.9 Å². The monoisotopic (exact) mass is 1050 g/mol. The van der Waals surface area contributed by atoms with Gasteiger partial charge in [0.1, 0.15) is 68.6 Å². The topological polar surface area (TPSA) is 186 Å². The predicted molar refractivity (Wildman–Crippen MR) is 294 cm³/mol. The Morgan fingerprint density at radius 3 is 1.29 bits per heavy atom. The van der Waals surface area contributed by atoms with Crippen molar-refractivity contribution in [3.8, 4) is 79.7 Å². The van der Waals surface area contributed by atoms with E-state index in [0.717, 1.165) is 83.2 Å². The van der Waals surface area contributed by atoms with Crippen molar-refractivity contribution >= 4 is 11.9 Å². The number of aromatic hydroxyl groups is 2. The van der Waals surface area contributed by atoms with Gasteiger partial charge in [-0.15, -0.1) is 0 Å². The summed E-state index contributed by atoms with van der Waals surface area (Å²) in [7, 11) is 1.35. The van der Waals surface area contributed by atoms with Gasteiger partial charge in [-0.2, -0.15) is 0 Å². The van der Waals surface area contributed by atoms with E-state index >= 15 is 0 Å². The summed E-state index contributed by atoms with van der Waals surface area (Å²) >= 11 is 0. The Morgan fingerprint density at radius 1 is 0.481 bits per heavy atom. The van der Waals surface area contributed by atoms with Crippen LogP contribution >= 0.6 is 0 Å². The summed E-state index contributed by atoms with van der Waals surface area (Å²) in [6, 6.07) is 35.6. The standard InChI is InChI=1S/C32H34O7.C31H32O7/c1-4-10-24-28(13-8-14-29(24)39-30-12-7-6-11-25(30)32(34)35-3)37-16-9-17-38-31-20-27(33)26(19-22(31)5-2)23-15-18-36-21-23;1-3-9-23-27(12-7-13-28(23)38-29-11-6-5-10-24(29)31(33)34)36-15-8-16-37-30-19-26(32)25(18-21(30)4-2)22-14-17-35-20-22/h6-8,11-15,18-21,33H,4-5,9-10,16-17H2,1-3H3;5-7,10-14,17-20,32H,3-4,8-9,15-16H2,1-2H3,(H,33,34). The van der Waals surface area contributed by atoms with E-state index < -0.39 is 11.9 Å². The number of rotatable bonds is 26. The van der Waals surface area contributed by atoms with E-state index in [0.29, 0.717) is 84.9 Å². The second kappa shape index (κ2) is 28.2. The number of phenolic OH excluding ortho intramolecular Hbond substituents is 2. The van der Waals surface area contributed by atoms with Gasteiger partial charge >= 0.3 is 11.9 Å². The van der Waals surface area contributed by atoms with Crippen LogP contribution in [-0.2, 0) is 30.4 Å². The minimum atomic E-state index is -1.04. The molecule has 0 amide bonds. The lowest BCUT2D eigenvalue weighted by Crippen LogP contribution is -2.08. The number of para-hydroxylation sites is 2. The number of esters is 1. The van der Waals surface area contributed by atoms with Crippen LogP contribution in [0.1, 0.15) is 96.3 Å². The summed E-state index contributed by atoms with van der Waals surface area (Å²) in [4.78, 5) is 23.8. The van der Waals surface area contributed by atoms with E-state index in [1.54, 1.807) is 73.6 Å². The Labute approximate surface area is 449 Å². The molecule has 0 atom stereocenters. The van der Waals surface area contributed by atoms with Crippen LogP contribution in [0.4, 0.5) is 0 Å². The van der Waals surface area contributed by atoms with Crippen molar-refractivity contribution in [3.05, 3.63) is 180 Å². The molecule has 14 nitrogen and oxygen atoms in total. The largest absolute Gasteiger partial charge is 0.507 e. The van der Waals surface area contributed by atoms with Crippen molar-refractivity contribution in [1.29, 1.82) is 0 Å². The Morgan fingerprint density at radius 2 is 0.883 bits per heavy atom. The summed E-state index contributed by atoms with van der Waals surface area (Å²) in [5, 5.41) is 30.5. The summed E-state index contributed by atoms with van der Waals surface area (Å²) in [5.41, 5.74) is 7.37. The maximum absolute atomic E-state index is 12.2. The minimum Gasteiger partial charge on any atom is -0.507 e. The highest BCUT2D eigenvalue weighted by Gasteiger charge is 2.19. The molecule has 0 fully saturated rings. The van der Waals surface area contributed by atoms with E-state index in [1.165, 1.54) is 13.2 Å². The number of hydrogen-bond acceptors (Lipinski definition) is 13. The molecule has 8 aromatic rings. The molecule has 14 heteroatoms. The highest BCUT2D eigenvalue weighted by atomic mass is 16.5. The molecule has 0 radical (unpaired) electrons. The van der Waals surface area contributed by atoms with E-state index in [4.69, 9.17) is 42.0 Å². The van der Waals surface area contributed by atoms with Crippen molar-refractivity contribution < 1.29 is 66.9 Å². The highest BCUT2D eigenvalue weighted by molar-refractivity contribution is 5.92. The number of carboxylic acids is 1. The number of benzene rings is 6. The number of carboxylic acid groups (broad SMARTS) is 1. The molecule has 0 aliphatic rings. The first-order valence-electron chi connectivity index (χ1n) is 25.9. The normalized spacial score (nSPS) is 10.8. The highest BCUT2D eigenvalue weighted by Crippen LogP contribution is 2.39. The molecule has 8 rings (SSSR count). The van der Waals surface area contributed by atoms with Gasteiger partial charge in [-0.3, -0.25) is 0 Å². The molecule has 77 heavy (non-hydrogen) atoms. The number of aryl methyl sites for hydroxylation is 2. The Hall–Kier alpha value is -8.78.